The Balaban J connectivity index is 0.000000445. The second kappa shape index (κ2) is 11.8. The number of unbranched alkanes of at least 4 members (excludes halogenated alkanes) is 2. The largest absolute Gasteiger partial charge is 0.385 e. The first-order valence-electron chi connectivity index (χ1n) is 10.3. The highest BCUT2D eigenvalue weighted by Crippen LogP contribution is 2.39. The number of methoxy groups -OCH3 is 1. The number of carbonyl (C=O) groups is 1. The van der Waals surface area contributed by atoms with Crippen molar-refractivity contribution in [3.05, 3.63) is 34.3 Å². The fourth-order valence-electron chi connectivity index (χ4n) is 3.84. The topological polar surface area (TPSA) is 29.5 Å². The Kier molecular flexibility index (Phi) is 10.6. The highest BCUT2D eigenvalue weighted by molar-refractivity contribution is 6.30. The van der Waals surface area contributed by atoms with Crippen molar-refractivity contribution in [2.45, 2.75) is 78.2 Å². The van der Waals surface area contributed by atoms with Crippen molar-refractivity contribution >= 4 is 17.4 Å². The van der Waals surface area contributed by atoms with Crippen molar-refractivity contribution in [1.82, 2.24) is 4.90 Å². The third kappa shape index (κ3) is 6.89. The molecule has 0 atom stereocenters. The van der Waals surface area contributed by atoms with E-state index in [1.165, 1.54) is 24.8 Å². The van der Waals surface area contributed by atoms with E-state index in [4.69, 9.17) is 16.3 Å². The number of ketones is 1. The van der Waals surface area contributed by atoms with Crippen LogP contribution in [0.5, 0.6) is 0 Å². The van der Waals surface area contributed by atoms with Crippen LogP contribution in [-0.4, -0.2) is 43.5 Å². The number of halogens is 1. The number of likely N-dealkylation sites (tertiary alicyclic amines) is 1. The molecule has 1 aromatic carbocycles. The van der Waals surface area contributed by atoms with E-state index in [1.54, 1.807) is 14.0 Å². The van der Waals surface area contributed by atoms with Crippen molar-refractivity contribution in [1.29, 1.82) is 0 Å². The lowest BCUT2D eigenvalue weighted by atomic mass is 9.68. The van der Waals surface area contributed by atoms with E-state index in [9.17, 15) is 4.79 Å². The molecule has 0 aliphatic carbocycles. The summed E-state index contributed by atoms with van der Waals surface area (Å²) in [6.07, 6.45) is 5.58. The molecule has 1 aliphatic rings. The van der Waals surface area contributed by atoms with Crippen LogP contribution in [0.1, 0.15) is 70.9 Å². The number of hydrogen-bond acceptors (Lipinski definition) is 3. The molecule has 4 heteroatoms. The van der Waals surface area contributed by atoms with E-state index in [0.717, 1.165) is 43.1 Å². The Hall–Kier alpha value is -0.900. The Morgan fingerprint density at radius 2 is 1.89 bits per heavy atom. The van der Waals surface area contributed by atoms with E-state index >= 15 is 0 Å². The first kappa shape index (κ1) is 24.1. The second-order valence-electron chi connectivity index (χ2n) is 7.93. The molecule has 0 saturated carbocycles. The van der Waals surface area contributed by atoms with Gasteiger partial charge in [0.25, 0.3) is 0 Å². The number of ether oxygens (including phenoxy) is 1. The van der Waals surface area contributed by atoms with E-state index in [0.29, 0.717) is 6.04 Å². The molecule has 0 unspecified atom stereocenters. The van der Waals surface area contributed by atoms with Crippen LogP contribution in [0.3, 0.4) is 0 Å². The van der Waals surface area contributed by atoms with E-state index in [-0.39, 0.29) is 11.2 Å². The number of rotatable bonds is 7. The Bertz CT molecular complexity index is 574. The minimum absolute atomic E-state index is 0.270. The van der Waals surface area contributed by atoms with Gasteiger partial charge in [-0.3, -0.25) is 4.79 Å². The lowest BCUT2D eigenvalue weighted by Gasteiger charge is -2.42. The van der Waals surface area contributed by atoms with Gasteiger partial charge < -0.3 is 9.64 Å². The number of piperidine rings is 1. The van der Waals surface area contributed by atoms with Crippen LogP contribution in [-0.2, 0) is 14.9 Å². The number of carbonyl (C=O) groups excluding carboxylic acids is 1. The molecule has 1 aliphatic heterocycles. The Morgan fingerprint density at radius 1 is 1.26 bits per heavy atom. The van der Waals surface area contributed by atoms with Gasteiger partial charge in [0.2, 0.25) is 0 Å². The molecule has 3 nitrogen and oxygen atoms in total. The molecule has 27 heavy (non-hydrogen) atoms. The standard InChI is InChI=1S/C17H24ClNO.C6H14O/c1-12(2)19-9-7-17(8-10-19,14(4)20)16-11-15(18)6-5-13(16)3;1-3-4-5-6-7-2/h5-6,11-12H,7-10H2,1-4H3;3-6H2,1-2H3. The summed E-state index contributed by atoms with van der Waals surface area (Å²) < 4.78 is 4.84. The first-order chi connectivity index (χ1) is 12.8. The molecule has 1 heterocycles. The van der Waals surface area contributed by atoms with E-state index < -0.39 is 0 Å². The normalized spacial score (nSPS) is 16.7. The number of aryl methyl sites for hydroxylation is 1. The van der Waals surface area contributed by atoms with Gasteiger partial charge in [-0.05, 0) is 83.3 Å². The van der Waals surface area contributed by atoms with Gasteiger partial charge in [0.05, 0.1) is 5.41 Å². The maximum atomic E-state index is 12.4. The lowest BCUT2D eigenvalue weighted by molar-refractivity contribution is -0.124. The summed E-state index contributed by atoms with van der Waals surface area (Å²) in [5.41, 5.74) is 1.95. The van der Waals surface area contributed by atoms with Gasteiger partial charge >= 0.3 is 0 Å². The van der Waals surface area contributed by atoms with Crippen LogP contribution >= 0.6 is 11.6 Å². The quantitative estimate of drug-likeness (QED) is 0.546. The molecule has 154 valence electrons. The summed E-state index contributed by atoms with van der Waals surface area (Å²) in [7, 11) is 1.75. The molecule has 0 bridgehead atoms. The van der Waals surface area contributed by atoms with Gasteiger partial charge in [0.1, 0.15) is 5.78 Å². The predicted molar refractivity (Wildman–Crippen MR) is 116 cm³/mol. The van der Waals surface area contributed by atoms with Crippen LogP contribution in [0.2, 0.25) is 5.02 Å². The summed E-state index contributed by atoms with van der Waals surface area (Å²) in [5, 5.41) is 0.720. The average Bonchev–Trinajstić information content (AvgIpc) is 2.64. The first-order valence-corrected chi connectivity index (χ1v) is 10.7. The van der Waals surface area contributed by atoms with Gasteiger partial charge in [-0.2, -0.15) is 0 Å². The summed E-state index contributed by atoms with van der Waals surface area (Å²) in [5.74, 6) is 0.270. The monoisotopic (exact) mass is 395 g/mol. The van der Waals surface area contributed by atoms with Crippen molar-refractivity contribution in [2.75, 3.05) is 26.8 Å². The number of Topliss-reactive ketones (excluding diaryl/α,β-unsaturated/α-hetero) is 1. The average molecular weight is 396 g/mol. The molecule has 0 amide bonds. The lowest BCUT2D eigenvalue weighted by Crippen LogP contribution is -2.48. The third-order valence-electron chi connectivity index (χ3n) is 5.72. The number of benzene rings is 1. The molecule has 0 N–H and O–H groups in total. The van der Waals surface area contributed by atoms with Crippen molar-refractivity contribution in [3.8, 4) is 0 Å². The SMILES string of the molecule is CC(=O)C1(c2cc(Cl)ccc2C)CCN(C(C)C)CC1.CCCCCOC. The zero-order valence-corrected chi connectivity index (χ0v) is 18.9. The van der Waals surface area contributed by atoms with E-state index in [2.05, 4.69) is 32.6 Å². The molecule has 1 saturated heterocycles. The summed E-state index contributed by atoms with van der Waals surface area (Å²) in [6, 6.07) is 6.46. The zero-order chi connectivity index (χ0) is 20.4. The minimum atomic E-state index is -0.347. The van der Waals surface area contributed by atoms with Crippen molar-refractivity contribution in [3.63, 3.8) is 0 Å². The van der Waals surface area contributed by atoms with Crippen LogP contribution in [0.15, 0.2) is 18.2 Å². The van der Waals surface area contributed by atoms with Crippen LogP contribution in [0.4, 0.5) is 0 Å². The van der Waals surface area contributed by atoms with Crippen molar-refractivity contribution < 1.29 is 9.53 Å². The molecule has 2 rings (SSSR count). The molecular formula is C23H38ClNO2. The fraction of sp³-hybridized carbons (Fsp3) is 0.696. The highest BCUT2D eigenvalue weighted by atomic mass is 35.5. The fourth-order valence-corrected chi connectivity index (χ4v) is 4.01. The van der Waals surface area contributed by atoms with Gasteiger partial charge in [-0.1, -0.05) is 37.4 Å². The van der Waals surface area contributed by atoms with Crippen LogP contribution < -0.4 is 0 Å². The van der Waals surface area contributed by atoms with Gasteiger partial charge in [0, 0.05) is 24.8 Å². The molecule has 0 radical (unpaired) electrons. The second-order valence-corrected chi connectivity index (χ2v) is 8.36. The number of hydrogen-bond donors (Lipinski definition) is 0. The molecule has 1 aromatic rings. The molecular weight excluding hydrogens is 358 g/mol. The maximum absolute atomic E-state index is 12.4. The van der Waals surface area contributed by atoms with E-state index in [1.807, 2.05) is 18.2 Å². The molecule has 0 aromatic heterocycles. The molecule has 1 fully saturated rings. The highest BCUT2D eigenvalue weighted by Gasteiger charge is 2.41. The maximum Gasteiger partial charge on any atom is 0.140 e. The van der Waals surface area contributed by atoms with Gasteiger partial charge in [-0.15, -0.1) is 0 Å². The van der Waals surface area contributed by atoms with Gasteiger partial charge in [0.15, 0.2) is 0 Å². The smallest absolute Gasteiger partial charge is 0.140 e. The summed E-state index contributed by atoms with van der Waals surface area (Å²) in [4.78, 5) is 14.8. The minimum Gasteiger partial charge on any atom is -0.385 e. The van der Waals surface area contributed by atoms with Gasteiger partial charge in [-0.25, -0.2) is 0 Å². The summed E-state index contributed by atoms with van der Waals surface area (Å²) in [6.45, 7) is 13.3. The Morgan fingerprint density at radius 3 is 2.37 bits per heavy atom. The third-order valence-corrected chi connectivity index (χ3v) is 5.96. The Labute approximate surface area is 171 Å². The number of nitrogens with zero attached hydrogens (tertiary/aromatic N) is 1. The van der Waals surface area contributed by atoms with Crippen LogP contribution in [0, 0.1) is 6.92 Å². The zero-order valence-electron chi connectivity index (χ0n) is 18.1. The van der Waals surface area contributed by atoms with Crippen molar-refractivity contribution in [2.24, 2.45) is 0 Å². The molecule has 0 spiro atoms. The summed E-state index contributed by atoms with van der Waals surface area (Å²) >= 11 is 6.16. The van der Waals surface area contributed by atoms with Crippen LogP contribution in [0.25, 0.3) is 0 Å². The predicted octanol–water partition coefficient (Wildman–Crippen LogP) is 5.80.